The first-order chi connectivity index (χ1) is 16.6. The van der Waals surface area contributed by atoms with Gasteiger partial charge in [0.1, 0.15) is 5.75 Å². The van der Waals surface area contributed by atoms with Crippen molar-refractivity contribution in [2.75, 3.05) is 11.9 Å². The van der Waals surface area contributed by atoms with Gasteiger partial charge in [-0.25, -0.2) is 5.43 Å². The molecule has 11 heteroatoms. The standard InChI is InChI=1S/C24H18Cl2F3N3O3/c25-20-9-6-18(12-21(20)26)31-23(34)14-35-19-7-4-15(5-8-19)13-30-32-22(33)11-16-2-1-3-17(10-16)24(27,28)29/h1-10,12-13H,11,14H2,(H,31,34)(H,32,33)/b30-13-. The quantitative estimate of drug-likeness (QED) is 0.292. The van der Waals surface area contributed by atoms with Gasteiger partial charge in [-0.2, -0.15) is 18.3 Å². The van der Waals surface area contributed by atoms with E-state index in [0.29, 0.717) is 27.0 Å². The third-order valence-corrected chi connectivity index (χ3v) is 5.21. The lowest BCUT2D eigenvalue weighted by Crippen LogP contribution is -2.20. The van der Waals surface area contributed by atoms with E-state index in [0.717, 1.165) is 12.1 Å². The number of hydrogen-bond donors (Lipinski definition) is 2. The fourth-order valence-electron chi connectivity index (χ4n) is 2.83. The van der Waals surface area contributed by atoms with Crippen LogP contribution in [0.2, 0.25) is 10.0 Å². The van der Waals surface area contributed by atoms with E-state index >= 15 is 0 Å². The molecule has 2 amide bonds. The second-order valence-corrected chi connectivity index (χ2v) is 8.02. The van der Waals surface area contributed by atoms with Crippen molar-refractivity contribution >= 4 is 46.9 Å². The summed E-state index contributed by atoms with van der Waals surface area (Å²) in [5.74, 6) is -0.522. The van der Waals surface area contributed by atoms with Crippen molar-refractivity contribution in [2.45, 2.75) is 12.6 Å². The van der Waals surface area contributed by atoms with Gasteiger partial charge in [0, 0.05) is 5.69 Å². The van der Waals surface area contributed by atoms with Gasteiger partial charge in [-0.1, -0.05) is 41.4 Å². The van der Waals surface area contributed by atoms with Crippen LogP contribution in [0.15, 0.2) is 71.8 Å². The van der Waals surface area contributed by atoms with Crippen molar-refractivity contribution in [3.63, 3.8) is 0 Å². The van der Waals surface area contributed by atoms with Gasteiger partial charge >= 0.3 is 6.18 Å². The molecule has 0 atom stereocenters. The van der Waals surface area contributed by atoms with Crippen LogP contribution in [0.5, 0.6) is 5.75 Å². The molecule has 0 bridgehead atoms. The number of rotatable bonds is 8. The number of halogens is 5. The molecule has 6 nitrogen and oxygen atoms in total. The zero-order valence-corrected chi connectivity index (χ0v) is 19.4. The molecule has 0 saturated carbocycles. The molecule has 0 heterocycles. The van der Waals surface area contributed by atoms with E-state index < -0.39 is 23.6 Å². The average Bonchev–Trinajstić information content (AvgIpc) is 2.80. The van der Waals surface area contributed by atoms with Crippen molar-refractivity contribution in [3.8, 4) is 5.75 Å². The highest BCUT2D eigenvalue weighted by atomic mass is 35.5. The Morgan fingerprint density at radius 1 is 0.943 bits per heavy atom. The number of amides is 2. The number of carbonyl (C=O) groups is 2. The number of anilines is 1. The summed E-state index contributed by atoms with van der Waals surface area (Å²) in [7, 11) is 0. The van der Waals surface area contributed by atoms with Crippen LogP contribution in [-0.2, 0) is 22.2 Å². The van der Waals surface area contributed by atoms with E-state index in [1.54, 1.807) is 36.4 Å². The summed E-state index contributed by atoms with van der Waals surface area (Å²) in [5, 5.41) is 7.12. The molecule has 3 aromatic rings. The van der Waals surface area contributed by atoms with Crippen LogP contribution in [0.1, 0.15) is 16.7 Å². The second-order valence-electron chi connectivity index (χ2n) is 7.20. The summed E-state index contributed by atoms with van der Waals surface area (Å²) in [6.07, 6.45) is -3.36. The van der Waals surface area contributed by atoms with Crippen LogP contribution in [0, 0.1) is 0 Å². The highest BCUT2D eigenvalue weighted by molar-refractivity contribution is 6.42. The van der Waals surface area contributed by atoms with Gasteiger partial charge in [0.25, 0.3) is 5.91 Å². The maximum atomic E-state index is 12.8. The Morgan fingerprint density at radius 3 is 2.37 bits per heavy atom. The predicted molar refractivity (Wildman–Crippen MR) is 128 cm³/mol. The molecule has 0 aliphatic rings. The molecule has 182 valence electrons. The Balaban J connectivity index is 1.45. The number of hydrazone groups is 1. The summed E-state index contributed by atoms with van der Waals surface area (Å²) in [4.78, 5) is 24.0. The summed E-state index contributed by atoms with van der Waals surface area (Å²) < 4.78 is 43.7. The largest absolute Gasteiger partial charge is 0.484 e. The topological polar surface area (TPSA) is 79.8 Å². The van der Waals surface area contributed by atoms with Crippen molar-refractivity contribution in [1.29, 1.82) is 0 Å². The van der Waals surface area contributed by atoms with Crippen molar-refractivity contribution in [3.05, 3.63) is 93.5 Å². The predicted octanol–water partition coefficient (Wildman–Crippen LogP) is 5.72. The third-order valence-electron chi connectivity index (χ3n) is 4.48. The molecule has 0 spiro atoms. The molecular weight excluding hydrogens is 506 g/mol. The van der Waals surface area contributed by atoms with Gasteiger partial charge in [0.15, 0.2) is 6.61 Å². The minimum absolute atomic E-state index is 0.220. The van der Waals surface area contributed by atoms with Crippen LogP contribution in [0.4, 0.5) is 18.9 Å². The number of carbonyl (C=O) groups excluding carboxylic acids is 2. The van der Waals surface area contributed by atoms with Crippen LogP contribution in [0.3, 0.4) is 0 Å². The SMILES string of the molecule is O=C(Cc1cccc(C(F)(F)F)c1)N/N=C\c1ccc(OCC(=O)Nc2ccc(Cl)c(Cl)c2)cc1. The molecule has 3 rings (SSSR count). The molecule has 0 aliphatic heterocycles. The van der Waals surface area contributed by atoms with Crippen LogP contribution in [0.25, 0.3) is 0 Å². The first kappa shape index (κ1) is 26.1. The summed E-state index contributed by atoms with van der Waals surface area (Å²) >= 11 is 11.7. The average molecular weight is 524 g/mol. The molecule has 0 radical (unpaired) electrons. The smallest absolute Gasteiger partial charge is 0.416 e. The highest BCUT2D eigenvalue weighted by Gasteiger charge is 2.30. The van der Waals surface area contributed by atoms with E-state index in [9.17, 15) is 22.8 Å². The molecule has 0 aliphatic carbocycles. The Labute approximate surface area is 208 Å². The van der Waals surface area contributed by atoms with E-state index in [1.165, 1.54) is 24.4 Å². The zero-order valence-electron chi connectivity index (χ0n) is 17.9. The molecule has 0 aromatic heterocycles. The van der Waals surface area contributed by atoms with Gasteiger partial charge in [-0.05, 0) is 59.7 Å². The molecule has 35 heavy (non-hydrogen) atoms. The van der Waals surface area contributed by atoms with Gasteiger partial charge in [0.05, 0.1) is 28.2 Å². The van der Waals surface area contributed by atoms with Gasteiger partial charge in [-0.3, -0.25) is 9.59 Å². The van der Waals surface area contributed by atoms with Crippen molar-refractivity contribution in [2.24, 2.45) is 5.10 Å². The third kappa shape index (κ3) is 8.31. The van der Waals surface area contributed by atoms with E-state index in [2.05, 4.69) is 15.8 Å². The maximum absolute atomic E-state index is 12.8. The fourth-order valence-corrected chi connectivity index (χ4v) is 3.13. The fraction of sp³-hybridized carbons (Fsp3) is 0.125. The first-order valence-electron chi connectivity index (χ1n) is 10.1. The number of nitrogens with zero attached hydrogens (tertiary/aromatic N) is 1. The van der Waals surface area contributed by atoms with E-state index in [1.807, 2.05) is 0 Å². The molecule has 3 aromatic carbocycles. The number of benzene rings is 3. The Hall–Kier alpha value is -3.56. The first-order valence-corrected chi connectivity index (χ1v) is 10.8. The monoisotopic (exact) mass is 523 g/mol. The molecule has 0 fully saturated rings. The lowest BCUT2D eigenvalue weighted by molar-refractivity contribution is -0.137. The van der Waals surface area contributed by atoms with Gasteiger partial charge < -0.3 is 10.1 Å². The summed E-state index contributed by atoms with van der Waals surface area (Å²) in [6, 6.07) is 15.8. The number of hydrogen-bond acceptors (Lipinski definition) is 4. The second kappa shape index (κ2) is 11.7. The minimum Gasteiger partial charge on any atom is -0.484 e. The van der Waals surface area contributed by atoms with Crippen LogP contribution >= 0.6 is 23.2 Å². The van der Waals surface area contributed by atoms with E-state index in [4.69, 9.17) is 27.9 Å². The molecule has 0 saturated heterocycles. The molecule has 2 N–H and O–H groups in total. The summed E-state index contributed by atoms with van der Waals surface area (Å²) in [6.45, 7) is -0.237. The number of ether oxygens (including phenoxy) is 1. The Bertz CT molecular complexity index is 1230. The Morgan fingerprint density at radius 2 is 1.69 bits per heavy atom. The summed E-state index contributed by atoms with van der Waals surface area (Å²) in [5.41, 5.74) is 2.77. The number of alkyl halides is 3. The molecular formula is C24H18Cl2F3N3O3. The lowest BCUT2D eigenvalue weighted by Gasteiger charge is -2.08. The zero-order chi connectivity index (χ0) is 25.4. The van der Waals surface area contributed by atoms with Gasteiger partial charge in [-0.15, -0.1) is 0 Å². The lowest BCUT2D eigenvalue weighted by atomic mass is 10.1. The van der Waals surface area contributed by atoms with Crippen molar-refractivity contribution < 1.29 is 27.5 Å². The maximum Gasteiger partial charge on any atom is 0.416 e. The van der Waals surface area contributed by atoms with Crippen molar-refractivity contribution in [1.82, 2.24) is 5.43 Å². The number of nitrogens with one attached hydrogen (secondary N) is 2. The van der Waals surface area contributed by atoms with E-state index in [-0.39, 0.29) is 18.6 Å². The minimum atomic E-state index is -4.48. The Kier molecular flexibility index (Phi) is 8.73. The normalized spacial score (nSPS) is 11.3. The van der Waals surface area contributed by atoms with Crippen LogP contribution < -0.4 is 15.5 Å². The van der Waals surface area contributed by atoms with Crippen LogP contribution in [-0.4, -0.2) is 24.6 Å². The molecule has 0 unspecified atom stereocenters. The van der Waals surface area contributed by atoms with Gasteiger partial charge in [0.2, 0.25) is 5.91 Å². The highest BCUT2D eigenvalue weighted by Crippen LogP contribution is 2.29.